The number of benzene rings is 3. The van der Waals surface area contributed by atoms with Crippen LogP contribution in [-0.4, -0.2) is 122 Å². The van der Waals surface area contributed by atoms with Crippen molar-refractivity contribution in [3.63, 3.8) is 0 Å². The second-order valence-electron chi connectivity index (χ2n) is 22.5. The fourth-order valence-electron chi connectivity index (χ4n) is 12.7. The van der Waals surface area contributed by atoms with Gasteiger partial charge in [0.15, 0.2) is 17.2 Å². The molecule has 19 heteroatoms. The average molecular weight is 1050 g/mol. The molecule has 1 spiro atoms. The molecule has 0 radical (unpaired) electrons. The standard InChI is InChI=1S/C56H69N7O11S/c1-34(2)41-8-5-6-9-42(41)43-10-7-11-46(43)62-32-56(33-62)18-20-61(21-19-56)38-12-13-44(48(26-38)74-50-25-37-24-35(3)57-52(37)59-54(50)73-30-39-29-70-22-23-71-39)53(64)60-75(68,69)40-27-47(63(66)67)51-49(28-40)72-31-45(58-51)36-14-16-55(4,65)17-15-36/h5-6,8-9,12-13,24-28,34,36,39,43,45-46,58,65H,7,10-11,14-23,29-33H2,1-4H3,(H,57,59)(H,60,64)/t36-,39-,43-,45+,46?,55-/m0/s1. The molecule has 5 aromatic rings. The molecule has 18 nitrogen and oxygen atoms in total. The van der Waals surface area contributed by atoms with Crippen molar-refractivity contribution in [2.45, 2.75) is 126 Å². The van der Waals surface area contributed by atoms with Crippen LogP contribution in [-0.2, 0) is 19.5 Å². The summed E-state index contributed by atoms with van der Waals surface area (Å²) in [7, 11) is -4.74. The van der Waals surface area contributed by atoms with E-state index in [1.807, 2.05) is 13.0 Å². The van der Waals surface area contributed by atoms with Gasteiger partial charge in [-0.15, -0.1) is 0 Å². The molecular weight excluding hydrogens is 979 g/mol. The summed E-state index contributed by atoms with van der Waals surface area (Å²) in [5.41, 5.74) is 4.11. The predicted octanol–water partition coefficient (Wildman–Crippen LogP) is 8.96. The summed E-state index contributed by atoms with van der Waals surface area (Å²) >= 11 is 0. The molecule has 5 fully saturated rings. The number of amides is 1. The van der Waals surface area contributed by atoms with Crippen LogP contribution >= 0.6 is 0 Å². The van der Waals surface area contributed by atoms with Crippen molar-refractivity contribution >= 4 is 44.0 Å². The van der Waals surface area contributed by atoms with Crippen molar-refractivity contribution in [3.05, 3.63) is 99.2 Å². The van der Waals surface area contributed by atoms with Crippen LogP contribution in [0.2, 0.25) is 0 Å². The molecule has 75 heavy (non-hydrogen) atoms. The van der Waals surface area contributed by atoms with Crippen LogP contribution in [0.15, 0.2) is 71.6 Å². The zero-order chi connectivity index (χ0) is 52.2. The highest BCUT2D eigenvalue weighted by molar-refractivity contribution is 7.90. The fraction of sp³-hybridized carbons (Fsp3) is 0.536. The molecule has 6 heterocycles. The van der Waals surface area contributed by atoms with Gasteiger partial charge in [0.2, 0.25) is 0 Å². The van der Waals surface area contributed by atoms with E-state index in [1.54, 1.807) is 31.2 Å². The van der Waals surface area contributed by atoms with E-state index in [1.165, 1.54) is 36.5 Å². The summed E-state index contributed by atoms with van der Waals surface area (Å²) < 4.78 is 61.1. The topological polar surface area (TPSA) is 220 Å². The van der Waals surface area contributed by atoms with Gasteiger partial charge in [-0.2, -0.15) is 4.98 Å². The van der Waals surface area contributed by atoms with Crippen LogP contribution in [0.1, 0.15) is 118 Å². The van der Waals surface area contributed by atoms with E-state index in [0.717, 1.165) is 61.9 Å². The number of aromatic amines is 1. The van der Waals surface area contributed by atoms with Gasteiger partial charge in [-0.05, 0) is 124 Å². The summed E-state index contributed by atoms with van der Waals surface area (Å²) in [5.74, 6) is 0.456. The minimum atomic E-state index is -4.74. The van der Waals surface area contributed by atoms with E-state index in [4.69, 9.17) is 28.7 Å². The van der Waals surface area contributed by atoms with E-state index in [0.29, 0.717) is 69.0 Å². The third-order valence-electron chi connectivity index (χ3n) is 16.8. The van der Waals surface area contributed by atoms with Gasteiger partial charge in [0, 0.05) is 67.2 Å². The Bertz CT molecular complexity index is 3060. The summed E-state index contributed by atoms with van der Waals surface area (Å²) in [6.45, 7) is 13.5. The van der Waals surface area contributed by atoms with Gasteiger partial charge in [-0.3, -0.25) is 19.8 Å². The van der Waals surface area contributed by atoms with Crippen LogP contribution in [0.5, 0.6) is 23.1 Å². The zero-order valence-corrected chi connectivity index (χ0v) is 44.1. The van der Waals surface area contributed by atoms with E-state index >= 15 is 0 Å². The second kappa shape index (κ2) is 20.5. The number of sulfonamides is 1. The van der Waals surface area contributed by atoms with E-state index < -0.39 is 37.0 Å². The summed E-state index contributed by atoms with van der Waals surface area (Å²) in [6.07, 6.45) is 7.90. The van der Waals surface area contributed by atoms with Crippen molar-refractivity contribution in [1.82, 2.24) is 19.6 Å². The number of nitrogens with zero attached hydrogens (tertiary/aromatic N) is 4. The maximum absolute atomic E-state index is 14.5. The molecule has 4 atom stereocenters. The molecule has 1 amide bonds. The molecule has 2 aromatic heterocycles. The van der Waals surface area contributed by atoms with Crippen LogP contribution in [0.25, 0.3) is 11.0 Å². The third-order valence-corrected chi connectivity index (χ3v) is 18.1. The quantitative estimate of drug-likeness (QED) is 0.0602. The Labute approximate surface area is 438 Å². The second-order valence-corrected chi connectivity index (χ2v) is 24.2. The van der Waals surface area contributed by atoms with Gasteiger partial charge in [0.25, 0.3) is 27.5 Å². The average Bonchev–Trinajstić information content (AvgIpc) is 4.02. The number of piperidine rings is 1. The molecule has 1 unspecified atom stereocenters. The number of nitrogens with one attached hydrogen (secondary N) is 3. The Morgan fingerprint density at radius 3 is 2.52 bits per heavy atom. The fourth-order valence-corrected chi connectivity index (χ4v) is 13.7. The maximum Gasteiger partial charge on any atom is 0.297 e. The van der Waals surface area contributed by atoms with Gasteiger partial charge in [0.1, 0.15) is 30.7 Å². The number of hydrogen-bond acceptors (Lipinski definition) is 15. The number of carbonyl (C=O) groups excluding carboxylic acids is 1. The van der Waals surface area contributed by atoms with E-state index in [-0.39, 0.29) is 71.1 Å². The lowest BCUT2D eigenvalue weighted by Crippen LogP contribution is -2.63. The number of H-pyrrole nitrogens is 1. The minimum Gasteiger partial charge on any atom is -0.489 e. The highest BCUT2D eigenvalue weighted by atomic mass is 32.2. The number of aliphatic hydroxyl groups is 1. The minimum absolute atomic E-state index is 0.0156. The number of likely N-dealkylation sites (tertiary alicyclic amines) is 1. The highest BCUT2D eigenvalue weighted by Crippen LogP contribution is 2.50. The molecule has 4 aliphatic heterocycles. The number of nitro groups is 1. The van der Waals surface area contributed by atoms with E-state index in [9.17, 15) is 28.4 Å². The third kappa shape index (κ3) is 10.6. The predicted molar refractivity (Wildman–Crippen MR) is 283 cm³/mol. The number of nitro benzene ring substituents is 1. The Kier molecular flexibility index (Phi) is 14.0. The number of ether oxygens (including phenoxy) is 5. The number of aromatic nitrogens is 2. The molecule has 4 N–H and O–H groups in total. The van der Waals surface area contributed by atoms with Gasteiger partial charge in [-0.25, -0.2) is 13.1 Å². The Morgan fingerprint density at radius 2 is 1.77 bits per heavy atom. The SMILES string of the molecule is Cc1cc2cc(Oc3cc(N4CCC5(CC4)CN(C4CCC[C@H]4c4ccccc4C(C)C)C5)ccc3C(=O)NS(=O)(=O)c3cc4c(c([N+](=O)[O-])c3)N[C@@H]([C@H]3CC[C@](C)(O)CC3)CO4)c(OC[C@@H]3COCCO3)nc2[nH]1. The number of fused-ring (bicyclic) bond motifs is 2. The molecule has 11 rings (SSSR count). The lowest BCUT2D eigenvalue weighted by atomic mass is 9.70. The van der Waals surface area contributed by atoms with Crippen LogP contribution in [0.4, 0.5) is 17.1 Å². The number of hydrogen-bond donors (Lipinski definition) is 4. The lowest BCUT2D eigenvalue weighted by Gasteiger charge is -2.57. The van der Waals surface area contributed by atoms with Crippen molar-refractivity contribution in [2.24, 2.45) is 11.3 Å². The number of pyridine rings is 1. The first-order chi connectivity index (χ1) is 36.0. The largest absolute Gasteiger partial charge is 0.489 e. The Hall–Kier alpha value is -5.99. The van der Waals surface area contributed by atoms with Crippen molar-refractivity contribution < 1.29 is 46.9 Å². The number of carbonyl (C=O) groups is 1. The Balaban J connectivity index is 0.850. The molecular formula is C56H69N7O11S. The van der Waals surface area contributed by atoms with Gasteiger partial charge >= 0.3 is 0 Å². The smallest absolute Gasteiger partial charge is 0.297 e. The summed E-state index contributed by atoms with van der Waals surface area (Å²) in [4.78, 5) is 38.9. The van der Waals surface area contributed by atoms with Crippen LogP contribution < -0.4 is 29.1 Å². The van der Waals surface area contributed by atoms with Crippen LogP contribution in [0, 0.1) is 28.4 Å². The molecule has 0 bridgehead atoms. The molecule has 2 saturated carbocycles. The molecule has 400 valence electrons. The number of anilines is 2. The van der Waals surface area contributed by atoms with E-state index in [2.05, 4.69) is 62.9 Å². The number of rotatable bonds is 14. The maximum atomic E-state index is 14.5. The first-order valence-electron chi connectivity index (χ1n) is 26.7. The monoisotopic (exact) mass is 1050 g/mol. The highest BCUT2D eigenvalue weighted by Gasteiger charge is 2.50. The van der Waals surface area contributed by atoms with Crippen LogP contribution in [0.3, 0.4) is 0 Å². The normalized spacial score (nSPS) is 25.8. The molecule has 6 aliphatic rings. The van der Waals surface area contributed by atoms with Gasteiger partial charge < -0.3 is 44.0 Å². The van der Waals surface area contributed by atoms with Crippen molar-refractivity contribution in [3.8, 4) is 23.1 Å². The van der Waals surface area contributed by atoms with Gasteiger partial charge in [0.05, 0.1) is 46.8 Å². The van der Waals surface area contributed by atoms with Crippen molar-refractivity contribution in [2.75, 3.05) is 69.4 Å². The molecule has 2 aliphatic carbocycles. The number of aryl methyl sites for hydroxylation is 1. The zero-order valence-electron chi connectivity index (χ0n) is 43.3. The lowest BCUT2D eigenvalue weighted by molar-refractivity contribution is -0.384. The summed E-state index contributed by atoms with van der Waals surface area (Å²) in [6, 6.07) is 20.2. The van der Waals surface area contributed by atoms with Gasteiger partial charge in [-0.1, -0.05) is 44.5 Å². The Morgan fingerprint density at radius 1 is 0.987 bits per heavy atom. The first-order valence-corrected chi connectivity index (χ1v) is 28.2. The molecule has 3 saturated heterocycles. The van der Waals surface area contributed by atoms with Crippen molar-refractivity contribution in [1.29, 1.82) is 0 Å². The molecule has 3 aromatic carbocycles. The first kappa shape index (κ1) is 51.1. The summed E-state index contributed by atoms with van der Waals surface area (Å²) in [5, 5.41) is 27.0.